The Morgan fingerprint density at radius 1 is 1.35 bits per heavy atom. The molecule has 0 spiro atoms. The maximum atomic E-state index is 12.2. The number of carbonyl (C=O) groups excluding carboxylic acids is 1. The van der Waals surface area contributed by atoms with Crippen LogP contribution >= 0.6 is 0 Å². The van der Waals surface area contributed by atoms with Crippen LogP contribution in [0.4, 0.5) is 0 Å². The van der Waals surface area contributed by atoms with Gasteiger partial charge in [-0.1, -0.05) is 41.9 Å². The first kappa shape index (κ1) is 17.3. The molecule has 2 atom stereocenters. The van der Waals surface area contributed by atoms with E-state index < -0.39 is 16.0 Å². The molecular formula is C16H21N3O3S. The van der Waals surface area contributed by atoms with E-state index in [1.165, 1.54) is 0 Å². The summed E-state index contributed by atoms with van der Waals surface area (Å²) in [7, 11) is -1.40. The third-order valence-electron chi connectivity index (χ3n) is 3.36. The van der Waals surface area contributed by atoms with Gasteiger partial charge < -0.3 is 9.84 Å². The van der Waals surface area contributed by atoms with Gasteiger partial charge in [0.05, 0.1) is 0 Å². The summed E-state index contributed by atoms with van der Waals surface area (Å²) >= 11 is 0. The number of aromatic nitrogens is 2. The molecule has 0 bridgehead atoms. The fraction of sp³-hybridized carbons (Fsp3) is 0.438. The molecule has 23 heavy (non-hydrogen) atoms. The Morgan fingerprint density at radius 2 is 2.04 bits per heavy atom. The summed E-state index contributed by atoms with van der Waals surface area (Å²) in [6.45, 7) is 6.18. The summed E-state index contributed by atoms with van der Waals surface area (Å²) in [6, 6.07) is 7.73. The average molecular weight is 335 g/mol. The first-order valence-electron chi connectivity index (χ1n) is 7.55. The molecule has 2 aromatic rings. The van der Waals surface area contributed by atoms with Gasteiger partial charge in [-0.2, -0.15) is 4.98 Å². The number of benzene rings is 1. The molecular weight excluding hydrogens is 314 g/mol. The minimum Gasteiger partial charge on any atom is -0.355 e. The van der Waals surface area contributed by atoms with Crippen molar-refractivity contribution in [2.45, 2.75) is 38.2 Å². The molecule has 0 aliphatic rings. The van der Waals surface area contributed by atoms with Crippen LogP contribution in [0.15, 0.2) is 28.8 Å². The van der Waals surface area contributed by atoms with E-state index in [4.69, 9.17) is 4.52 Å². The van der Waals surface area contributed by atoms with E-state index in [1.807, 2.05) is 38.1 Å². The molecule has 0 saturated heterocycles. The monoisotopic (exact) mass is 335 g/mol. The first-order valence-corrected chi connectivity index (χ1v) is 8.94. The molecule has 2 rings (SSSR count). The molecule has 1 aromatic heterocycles. The van der Waals surface area contributed by atoms with E-state index in [-0.39, 0.29) is 17.6 Å². The summed E-state index contributed by atoms with van der Waals surface area (Å²) in [6.07, 6.45) is 0.842. The minimum atomic E-state index is -1.40. The largest absolute Gasteiger partial charge is 0.355 e. The van der Waals surface area contributed by atoms with Gasteiger partial charge in [0.25, 0.3) is 0 Å². The smallest absolute Gasteiger partial charge is 0.239 e. The van der Waals surface area contributed by atoms with Crippen LogP contribution in [0.2, 0.25) is 0 Å². The van der Waals surface area contributed by atoms with Crippen molar-refractivity contribution in [3.63, 3.8) is 0 Å². The standard InChI is InChI=1S/C16H21N3O3S/c1-4-9-17-16(20)12(3)23(21)10-14-18-15(19-22-14)13-7-5-11(2)6-8-13/h5-8,12H,4,9-10H2,1-3H3,(H,17,20). The molecule has 0 saturated carbocycles. The number of rotatable bonds is 7. The SMILES string of the molecule is CCCNC(=O)C(C)S(=O)Cc1nc(-c2ccc(C)cc2)no1. The van der Waals surface area contributed by atoms with Crippen molar-refractivity contribution < 1.29 is 13.5 Å². The molecule has 124 valence electrons. The van der Waals surface area contributed by atoms with Crippen LogP contribution < -0.4 is 5.32 Å². The van der Waals surface area contributed by atoms with Crippen molar-refractivity contribution in [2.24, 2.45) is 0 Å². The summed E-state index contributed by atoms with van der Waals surface area (Å²) in [4.78, 5) is 16.1. The summed E-state index contributed by atoms with van der Waals surface area (Å²) < 4.78 is 17.4. The summed E-state index contributed by atoms with van der Waals surface area (Å²) in [5.41, 5.74) is 1.98. The van der Waals surface area contributed by atoms with Crippen molar-refractivity contribution in [1.29, 1.82) is 0 Å². The molecule has 1 aromatic carbocycles. The lowest BCUT2D eigenvalue weighted by Gasteiger charge is -2.10. The Labute approximate surface area is 138 Å². The Morgan fingerprint density at radius 3 is 2.70 bits per heavy atom. The fourth-order valence-electron chi connectivity index (χ4n) is 1.89. The number of aryl methyl sites for hydroxylation is 1. The van der Waals surface area contributed by atoms with Crippen LogP contribution in [0.1, 0.15) is 31.7 Å². The lowest BCUT2D eigenvalue weighted by molar-refractivity contribution is -0.120. The minimum absolute atomic E-state index is 0.0690. The molecule has 7 heteroatoms. The van der Waals surface area contributed by atoms with E-state index in [2.05, 4.69) is 15.5 Å². The predicted octanol–water partition coefficient (Wildman–Crippen LogP) is 2.21. The quantitative estimate of drug-likeness (QED) is 0.838. The van der Waals surface area contributed by atoms with E-state index in [1.54, 1.807) is 6.92 Å². The summed E-state index contributed by atoms with van der Waals surface area (Å²) in [5.74, 6) is 0.581. The highest BCUT2D eigenvalue weighted by Crippen LogP contribution is 2.17. The van der Waals surface area contributed by atoms with Gasteiger partial charge in [-0.3, -0.25) is 9.00 Å². The van der Waals surface area contributed by atoms with Gasteiger partial charge in [-0.15, -0.1) is 0 Å². The Bertz CT molecular complexity index is 682. The first-order chi connectivity index (χ1) is 11.0. The summed E-state index contributed by atoms with van der Waals surface area (Å²) in [5, 5.41) is 6.02. The van der Waals surface area contributed by atoms with Gasteiger partial charge >= 0.3 is 0 Å². The molecule has 0 radical (unpaired) electrons. The maximum absolute atomic E-state index is 12.2. The third kappa shape index (κ3) is 4.72. The molecule has 1 heterocycles. The van der Waals surface area contributed by atoms with Gasteiger partial charge in [0.1, 0.15) is 11.0 Å². The number of amides is 1. The zero-order chi connectivity index (χ0) is 16.8. The van der Waals surface area contributed by atoms with Crippen molar-refractivity contribution in [2.75, 3.05) is 6.54 Å². The second kappa shape index (κ2) is 8.01. The molecule has 0 fully saturated rings. The van der Waals surface area contributed by atoms with Gasteiger partial charge in [-0.05, 0) is 20.3 Å². The zero-order valence-electron chi connectivity index (χ0n) is 13.5. The van der Waals surface area contributed by atoms with Gasteiger partial charge in [0.15, 0.2) is 0 Å². The molecule has 2 unspecified atom stereocenters. The van der Waals surface area contributed by atoms with E-state index >= 15 is 0 Å². The predicted molar refractivity (Wildman–Crippen MR) is 89.1 cm³/mol. The van der Waals surface area contributed by atoms with Crippen LogP contribution in [0.25, 0.3) is 11.4 Å². The van der Waals surface area contributed by atoms with Crippen LogP contribution in [-0.4, -0.2) is 32.1 Å². The Hall–Kier alpha value is -2.02. The van der Waals surface area contributed by atoms with Crippen molar-refractivity contribution >= 4 is 16.7 Å². The number of hydrogen-bond donors (Lipinski definition) is 1. The molecule has 0 aliphatic carbocycles. The molecule has 1 amide bonds. The second-order valence-corrected chi connectivity index (χ2v) is 7.09. The number of nitrogens with zero attached hydrogens (tertiary/aromatic N) is 2. The maximum Gasteiger partial charge on any atom is 0.239 e. The van der Waals surface area contributed by atoms with Crippen LogP contribution in [0.5, 0.6) is 0 Å². The van der Waals surface area contributed by atoms with Crippen LogP contribution in [0.3, 0.4) is 0 Å². The lowest BCUT2D eigenvalue weighted by Crippen LogP contribution is -2.36. The number of hydrogen-bond acceptors (Lipinski definition) is 5. The number of carbonyl (C=O) groups is 1. The van der Waals surface area contributed by atoms with Gasteiger partial charge in [-0.25, -0.2) is 0 Å². The highest BCUT2D eigenvalue weighted by atomic mass is 32.2. The third-order valence-corrected chi connectivity index (χ3v) is 4.89. The molecule has 6 nitrogen and oxygen atoms in total. The fourth-order valence-corrected chi connectivity index (χ4v) is 2.82. The second-order valence-electron chi connectivity index (χ2n) is 5.34. The topological polar surface area (TPSA) is 85.1 Å². The lowest BCUT2D eigenvalue weighted by atomic mass is 10.1. The Balaban J connectivity index is 1.99. The highest BCUT2D eigenvalue weighted by molar-refractivity contribution is 7.85. The zero-order valence-corrected chi connectivity index (χ0v) is 14.4. The number of nitrogens with one attached hydrogen (secondary N) is 1. The van der Waals surface area contributed by atoms with E-state index in [0.717, 1.165) is 17.5 Å². The van der Waals surface area contributed by atoms with Crippen LogP contribution in [-0.2, 0) is 21.3 Å². The normalized spacial score (nSPS) is 13.5. The van der Waals surface area contributed by atoms with Gasteiger partial charge in [0, 0.05) is 22.9 Å². The molecule has 1 N–H and O–H groups in total. The van der Waals surface area contributed by atoms with E-state index in [0.29, 0.717) is 12.4 Å². The van der Waals surface area contributed by atoms with Crippen molar-refractivity contribution in [3.05, 3.63) is 35.7 Å². The average Bonchev–Trinajstić information content (AvgIpc) is 3.00. The Kier molecular flexibility index (Phi) is 6.04. The van der Waals surface area contributed by atoms with Crippen molar-refractivity contribution in [3.8, 4) is 11.4 Å². The van der Waals surface area contributed by atoms with Gasteiger partial charge in [0.2, 0.25) is 17.6 Å². The van der Waals surface area contributed by atoms with Crippen molar-refractivity contribution in [1.82, 2.24) is 15.5 Å². The highest BCUT2D eigenvalue weighted by Gasteiger charge is 2.22. The molecule has 0 aliphatic heterocycles. The van der Waals surface area contributed by atoms with E-state index in [9.17, 15) is 9.00 Å². The van der Waals surface area contributed by atoms with Crippen LogP contribution in [0, 0.1) is 6.92 Å².